The van der Waals surface area contributed by atoms with Gasteiger partial charge >= 0.3 is 5.97 Å². The first-order valence-electron chi connectivity index (χ1n) is 20.9. The van der Waals surface area contributed by atoms with E-state index in [9.17, 15) is 40.5 Å². The Labute approximate surface area is 332 Å². The molecule has 2 saturated heterocycles. The van der Waals surface area contributed by atoms with Crippen LogP contribution in [-0.4, -0.2) is 129 Å². The quantitative estimate of drug-likeness (QED) is 0.126. The first-order chi connectivity index (χ1) is 26.1. The Morgan fingerprint density at radius 1 is 0.875 bits per heavy atom. The van der Waals surface area contributed by atoms with Crippen molar-refractivity contribution in [2.24, 2.45) is 45.3 Å². The SMILES string of the molecule is CC(=O)OC[C@@H]1O[C@H](O[C@H]2C[C@@]3(C)[C@@H]4[C@@H](O)C=C5[C@@H](CC[C@H](O[C@@H]6OC[C@H](O)[C@H](O)[C@@H]6O)C5(C)C)[C@]4(C)CC[C@]3(C)[C@H]2[C@@H](C)CCC=C(C)C)[C@H](O)[C@@H](O)[C@H]1O. The van der Waals surface area contributed by atoms with Gasteiger partial charge in [-0.2, -0.15) is 0 Å². The van der Waals surface area contributed by atoms with Gasteiger partial charge in [-0.1, -0.05) is 64.8 Å². The highest BCUT2D eigenvalue weighted by Gasteiger charge is 2.72. The van der Waals surface area contributed by atoms with Crippen molar-refractivity contribution in [3.8, 4) is 0 Å². The molecule has 3 saturated carbocycles. The van der Waals surface area contributed by atoms with E-state index in [0.29, 0.717) is 12.8 Å². The molecule has 0 aromatic heterocycles. The number of allylic oxidation sites excluding steroid dienone is 2. The molecule has 2 aliphatic heterocycles. The molecule has 5 fully saturated rings. The molecule has 56 heavy (non-hydrogen) atoms. The van der Waals surface area contributed by atoms with Crippen LogP contribution in [0.1, 0.15) is 107 Å². The molecule has 6 rings (SSSR count). The van der Waals surface area contributed by atoms with Crippen LogP contribution in [0.4, 0.5) is 0 Å². The first kappa shape index (κ1) is 44.1. The molecule has 19 atom stereocenters. The van der Waals surface area contributed by atoms with E-state index in [1.54, 1.807) is 0 Å². The van der Waals surface area contributed by atoms with Gasteiger partial charge in [-0.15, -0.1) is 0 Å². The third-order valence-electron chi connectivity index (χ3n) is 15.7. The summed E-state index contributed by atoms with van der Waals surface area (Å²) in [5.74, 6) is -0.359. The van der Waals surface area contributed by atoms with Crippen LogP contribution in [-0.2, 0) is 28.5 Å². The number of ether oxygens (including phenoxy) is 5. The van der Waals surface area contributed by atoms with Crippen molar-refractivity contribution < 1.29 is 64.2 Å². The summed E-state index contributed by atoms with van der Waals surface area (Å²) in [6, 6.07) is 0. The highest BCUT2D eigenvalue weighted by Crippen LogP contribution is 2.75. The second-order valence-electron chi connectivity index (χ2n) is 19.7. The van der Waals surface area contributed by atoms with Gasteiger partial charge in [0.15, 0.2) is 12.6 Å². The number of carbonyl (C=O) groups excluding carboxylic acids is 1. The lowest BCUT2D eigenvalue weighted by Crippen LogP contribution is -2.63. The fourth-order valence-electron chi connectivity index (χ4n) is 12.6. The summed E-state index contributed by atoms with van der Waals surface area (Å²) in [6.45, 7) is 18.5. The second kappa shape index (κ2) is 16.2. The molecule has 6 aliphatic rings. The summed E-state index contributed by atoms with van der Waals surface area (Å²) in [5, 5.41) is 76.3. The van der Waals surface area contributed by atoms with E-state index >= 15 is 0 Å². The van der Waals surface area contributed by atoms with Crippen molar-refractivity contribution in [1.29, 1.82) is 0 Å². The van der Waals surface area contributed by atoms with Crippen molar-refractivity contribution in [2.45, 2.75) is 181 Å². The molecule has 0 unspecified atom stereocenters. The third-order valence-corrected chi connectivity index (χ3v) is 15.7. The largest absolute Gasteiger partial charge is 0.463 e. The van der Waals surface area contributed by atoms with Crippen LogP contribution >= 0.6 is 0 Å². The maximum Gasteiger partial charge on any atom is 0.302 e. The van der Waals surface area contributed by atoms with Crippen molar-refractivity contribution in [3.63, 3.8) is 0 Å². The number of rotatable bonds is 10. The van der Waals surface area contributed by atoms with Crippen LogP contribution in [0.5, 0.6) is 0 Å². The maximum absolute atomic E-state index is 12.5. The van der Waals surface area contributed by atoms with Gasteiger partial charge in [0.2, 0.25) is 0 Å². The summed E-state index contributed by atoms with van der Waals surface area (Å²) >= 11 is 0. The molecule has 0 radical (unpaired) electrons. The Bertz CT molecular complexity index is 1480. The molecule has 7 N–H and O–H groups in total. The lowest BCUT2D eigenvalue weighted by atomic mass is 9.38. The number of hydrogen-bond donors (Lipinski definition) is 7. The zero-order chi connectivity index (χ0) is 41.3. The predicted molar refractivity (Wildman–Crippen MR) is 204 cm³/mol. The Kier molecular flexibility index (Phi) is 12.7. The maximum atomic E-state index is 12.5. The average molecular weight is 795 g/mol. The average Bonchev–Trinajstić information content (AvgIpc) is 3.34. The number of esters is 1. The minimum atomic E-state index is -1.57. The fraction of sp³-hybridized carbons (Fsp3) is 0.884. The Hall–Kier alpha value is -1.49. The van der Waals surface area contributed by atoms with Crippen LogP contribution < -0.4 is 0 Å². The van der Waals surface area contributed by atoms with E-state index in [2.05, 4.69) is 61.5 Å². The topological polar surface area (TPSA) is 205 Å². The second-order valence-corrected chi connectivity index (χ2v) is 19.7. The minimum Gasteiger partial charge on any atom is -0.463 e. The Morgan fingerprint density at radius 2 is 1.55 bits per heavy atom. The molecule has 0 aromatic rings. The lowest BCUT2D eigenvalue weighted by Gasteiger charge is -2.67. The molecule has 13 heteroatoms. The first-order valence-corrected chi connectivity index (χ1v) is 20.9. The van der Waals surface area contributed by atoms with Gasteiger partial charge < -0.3 is 59.4 Å². The molecule has 13 nitrogen and oxygen atoms in total. The number of fused-ring (bicyclic) bond motifs is 5. The van der Waals surface area contributed by atoms with E-state index in [0.717, 1.165) is 37.7 Å². The highest BCUT2D eigenvalue weighted by molar-refractivity contribution is 5.65. The summed E-state index contributed by atoms with van der Waals surface area (Å²) in [4.78, 5) is 11.6. The van der Waals surface area contributed by atoms with Crippen LogP contribution in [0.3, 0.4) is 0 Å². The number of aliphatic hydroxyl groups is 7. The monoisotopic (exact) mass is 794 g/mol. The van der Waals surface area contributed by atoms with Crippen molar-refractivity contribution in [3.05, 3.63) is 23.3 Å². The van der Waals surface area contributed by atoms with Crippen LogP contribution in [0, 0.1) is 45.3 Å². The highest BCUT2D eigenvalue weighted by atomic mass is 16.7. The normalized spacial score (nSPS) is 49.1. The van der Waals surface area contributed by atoms with Crippen LogP contribution in [0.15, 0.2) is 23.3 Å². The molecular weight excluding hydrogens is 724 g/mol. The van der Waals surface area contributed by atoms with Gasteiger partial charge in [-0.3, -0.25) is 4.79 Å². The molecule has 0 amide bonds. The van der Waals surface area contributed by atoms with Gasteiger partial charge in [0.05, 0.1) is 24.9 Å². The number of carbonyl (C=O) groups is 1. The third kappa shape index (κ3) is 7.48. The summed E-state index contributed by atoms with van der Waals surface area (Å²) in [6.07, 6.45) is -3.63. The molecule has 320 valence electrons. The zero-order valence-corrected chi connectivity index (χ0v) is 34.8. The molecule has 0 spiro atoms. The van der Waals surface area contributed by atoms with Crippen molar-refractivity contribution >= 4 is 5.97 Å². The van der Waals surface area contributed by atoms with Crippen LogP contribution in [0.25, 0.3) is 0 Å². The predicted octanol–water partition coefficient (Wildman–Crippen LogP) is 3.13. The molecule has 4 aliphatic carbocycles. The van der Waals surface area contributed by atoms with E-state index < -0.39 is 84.3 Å². The minimum absolute atomic E-state index is 0.00303. The van der Waals surface area contributed by atoms with Crippen molar-refractivity contribution in [1.82, 2.24) is 0 Å². The van der Waals surface area contributed by atoms with E-state index in [1.165, 1.54) is 12.5 Å². The van der Waals surface area contributed by atoms with Crippen molar-refractivity contribution in [2.75, 3.05) is 13.2 Å². The standard InChI is InChI=1S/C43H70O13/c1-21(2)11-10-12-22(3)31-28(54-39-36(51)34(49)33(48)29(55-39)20-52-23(4)44)18-43(9)37-26(45)17-25-24(41(37,7)15-16-42(31,43)8)13-14-30(40(25,5)6)56-38-35(50)32(47)27(46)19-53-38/h11,17,22,24,26-39,45-51H,10,12-16,18-20H2,1-9H3/t22-,24+,26-,27-,28-,29-,30-,31-,32-,33-,34-,35-,36+,37+,38-,39-,41-,42+,43-/m0/s1. The number of aliphatic hydroxyl groups excluding tert-OH is 7. The summed E-state index contributed by atoms with van der Waals surface area (Å²) in [7, 11) is 0. The molecule has 2 heterocycles. The van der Waals surface area contributed by atoms with Gasteiger partial charge in [-0.05, 0) is 92.8 Å². The molecular formula is C43H70O13. The van der Waals surface area contributed by atoms with Gasteiger partial charge in [-0.25, -0.2) is 0 Å². The van der Waals surface area contributed by atoms with E-state index in [-0.39, 0.29) is 53.8 Å². The number of hydrogen-bond acceptors (Lipinski definition) is 13. The molecule has 0 aromatic carbocycles. The van der Waals surface area contributed by atoms with E-state index in [1.807, 2.05) is 6.08 Å². The lowest BCUT2D eigenvalue weighted by molar-refractivity contribution is -0.316. The molecule has 0 bridgehead atoms. The Balaban J connectivity index is 1.31. The van der Waals surface area contributed by atoms with Gasteiger partial charge in [0.1, 0.15) is 49.3 Å². The Morgan fingerprint density at radius 3 is 2.21 bits per heavy atom. The summed E-state index contributed by atoms with van der Waals surface area (Å²) in [5.41, 5.74) is 0.840. The van der Waals surface area contributed by atoms with Gasteiger partial charge in [0, 0.05) is 18.3 Å². The van der Waals surface area contributed by atoms with Crippen LogP contribution in [0.2, 0.25) is 0 Å². The fourth-order valence-corrected chi connectivity index (χ4v) is 12.6. The zero-order valence-electron chi connectivity index (χ0n) is 34.8. The van der Waals surface area contributed by atoms with E-state index in [4.69, 9.17) is 23.7 Å². The van der Waals surface area contributed by atoms with Gasteiger partial charge in [0.25, 0.3) is 0 Å². The summed E-state index contributed by atoms with van der Waals surface area (Å²) < 4.78 is 30.1. The smallest absolute Gasteiger partial charge is 0.302 e.